The Balaban J connectivity index is 1.30. The summed E-state index contributed by atoms with van der Waals surface area (Å²) < 4.78 is 8.69. The number of carbonyl (C=O) groups is 1. The molecule has 186 valence electrons. The van der Waals surface area contributed by atoms with Crippen molar-refractivity contribution in [2.24, 2.45) is 5.92 Å². The van der Waals surface area contributed by atoms with Crippen LogP contribution < -0.4 is 15.7 Å². The molecule has 1 saturated carbocycles. The second-order valence-electron chi connectivity index (χ2n) is 8.96. The Morgan fingerprint density at radius 1 is 1.06 bits per heavy atom. The van der Waals surface area contributed by atoms with Gasteiger partial charge in [-0.25, -0.2) is 14.8 Å². The minimum atomic E-state index is -0.272. The third kappa shape index (κ3) is 4.83. The van der Waals surface area contributed by atoms with Crippen LogP contribution in [0.3, 0.4) is 0 Å². The first-order valence-electron chi connectivity index (χ1n) is 11.8. The van der Waals surface area contributed by atoms with Gasteiger partial charge in [-0.3, -0.25) is 13.9 Å². The van der Waals surface area contributed by atoms with Crippen LogP contribution in [0.4, 0.5) is 0 Å². The first-order chi connectivity index (χ1) is 17.4. The highest BCUT2D eigenvalue weighted by Crippen LogP contribution is 2.28. The van der Waals surface area contributed by atoms with Gasteiger partial charge in [0, 0.05) is 24.8 Å². The monoisotopic (exact) mass is 525 g/mol. The molecule has 0 spiro atoms. The van der Waals surface area contributed by atoms with Gasteiger partial charge in [0.1, 0.15) is 5.15 Å². The fourth-order valence-corrected chi connectivity index (χ4v) is 5.20. The summed E-state index contributed by atoms with van der Waals surface area (Å²) in [6.45, 7) is 0.612. The summed E-state index contributed by atoms with van der Waals surface area (Å²) in [5.74, 6) is 0.541. The Morgan fingerprint density at radius 2 is 1.81 bits per heavy atom. The highest BCUT2D eigenvalue weighted by atomic mass is 35.5. The van der Waals surface area contributed by atoms with E-state index in [2.05, 4.69) is 15.3 Å². The summed E-state index contributed by atoms with van der Waals surface area (Å²) in [4.78, 5) is 34.4. The first-order valence-corrected chi connectivity index (χ1v) is 12.5. The summed E-state index contributed by atoms with van der Waals surface area (Å²) in [5.41, 5.74) is 2.59. The largest absolute Gasteiger partial charge is 0.481 e. The molecule has 5 rings (SSSR count). The number of imidazole rings is 1. The number of fused-ring (bicyclic) bond motifs is 1. The molecule has 1 fully saturated rings. The lowest BCUT2D eigenvalue weighted by Gasteiger charge is -2.29. The van der Waals surface area contributed by atoms with Crippen molar-refractivity contribution < 1.29 is 9.53 Å². The number of nitrogens with zero attached hydrogens (tertiary/aromatic N) is 4. The van der Waals surface area contributed by atoms with E-state index in [0.29, 0.717) is 29.1 Å². The van der Waals surface area contributed by atoms with Crippen molar-refractivity contribution in [1.82, 2.24) is 24.4 Å². The number of ether oxygens (including phenoxy) is 1. The summed E-state index contributed by atoms with van der Waals surface area (Å²) in [5, 5.41) is 3.55. The third-order valence-corrected chi connectivity index (χ3v) is 7.20. The standard InChI is InChI=1S/C26H25Cl2N5O3/c1-36-23-11-10-19(14-29-23)33-22-5-3-2-4-21(22)32(26(33)35)15-16-6-8-18(9-7-16)31-25(34)20-12-17(27)13-30-24(20)28/h2-5,10-14,16,18H,6-9,15H2,1H3,(H,31,34). The van der Waals surface area contributed by atoms with Gasteiger partial charge < -0.3 is 10.1 Å². The van der Waals surface area contributed by atoms with Crippen LogP contribution in [0.15, 0.2) is 59.7 Å². The van der Waals surface area contributed by atoms with E-state index in [1.54, 1.807) is 23.9 Å². The minimum absolute atomic E-state index is 0.0345. The molecule has 3 aromatic heterocycles. The number of methoxy groups -OCH3 is 1. The van der Waals surface area contributed by atoms with Crippen LogP contribution in [0.5, 0.6) is 5.88 Å². The Labute approximate surface area is 217 Å². The number of aromatic nitrogens is 4. The van der Waals surface area contributed by atoms with Gasteiger partial charge in [0.05, 0.1) is 40.6 Å². The quantitative estimate of drug-likeness (QED) is 0.362. The number of amides is 1. The van der Waals surface area contributed by atoms with Crippen molar-refractivity contribution in [2.45, 2.75) is 38.3 Å². The SMILES string of the molecule is COc1ccc(-n2c(=O)n(CC3CCC(NC(=O)c4cc(Cl)cnc4Cl)CC3)c3ccccc32)cn1. The van der Waals surface area contributed by atoms with Crippen molar-refractivity contribution in [1.29, 1.82) is 0 Å². The summed E-state index contributed by atoms with van der Waals surface area (Å²) in [7, 11) is 1.56. The maximum Gasteiger partial charge on any atom is 0.333 e. The molecule has 10 heteroatoms. The van der Waals surface area contributed by atoms with Crippen LogP contribution in [0.25, 0.3) is 16.7 Å². The Morgan fingerprint density at radius 3 is 2.50 bits per heavy atom. The summed E-state index contributed by atoms with van der Waals surface area (Å²) in [6.07, 6.45) is 6.48. The van der Waals surface area contributed by atoms with Crippen LogP contribution in [-0.2, 0) is 6.54 Å². The Bertz CT molecular complexity index is 1460. The van der Waals surface area contributed by atoms with Gasteiger partial charge in [-0.2, -0.15) is 0 Å². The highest BCUT2D eigenvalue weighted by Gasteiger charge is 2.26. The molecule has 0 atom stereocenters. The average Bonchev–Trinajstić information content (AvgIpc) is 3.17. The maximum atomic E-state index is 13.5. The highest BCUT2D eigenvalue weighted by molar-refractivity contribution is 6.34. The number of para-hydroxylation sites is 2. The number of rotatable bonds is 6. The molecular formula is C26H25Cl2N5O3. The van der Waals surface area contributed by atoms with E-state index >= 15 is 0 Å². The lowest BCUT2D eigenvalue weighted by molar-refractivity contribution is 0.0920. The summed E-state index contributed by atoms with van der Waals surface area (Å²) >= 11 is 12.0. The van der Waals surface area contributed by atoms with Crippen molar-refractivity contribution in [3.05, 3.63) is 81.1 Å². The topological polar surface area (TPSA) is 91.0 Å². The van der Waals surface area contributed by atoms with Crippen molar-refractivity contribution in [3.8, 4) is 11.6 Å². The van der Waals surface area contributed by atoms with E-state index in [1.165, 1.54) is 12.3 Å². The van der Waals surface area contributed by atoms with Gasteiger partial charge in [-0.15, -0.1) is 0 Å². The number of benzene rings is 1. The smallest absolute Gasteiger partial charge is 0.333 e. The molecule has 0 bridgehead atoms. The molecular weight excluding hydrogens is 501 g/mol. The molecule has 0 unspecified atom stereocenters. The fourth-order valence-electron chi connectivity index (χ4n) is 4.85. The molecule has 8 nitrogen and oxygen atoms in total. The molecule has 3 heterocycles. The van der Waals surface area contributed by atoms with Gasteiger partial charge in [0.2, 0.25) is 5.88 Å². The number of pyridine rings is 2. The zero-order valence-electron chi connectivity index (χ0n) is 19.7. The second-order valence-corrected chi connectivity index (χ2v) is 9.75. The second kappa shape index (κ2) is 10.3. The molecule has 0 aliphatic heterocycles. The third-order valence-electron chi connectivity index (χ3n) is 6.70. The molecule has 1 N–H and O–H groups in total. The van der Waals surface area contributed by atoms with Crippen LogP contribution in [-0.4, -0.2) is 38.2 Å². The van der Waals surface area contributed by atoms with Crippen molar-refractivity contribution in [3.63, 3.8) is 0 Å². The Kier molecular flexibility index (Phi) is 6.98. The number of nitrogens with one attached hydrogen (secondary N) is 1. The van der Waals surface area contributed by atoms with Crippen LogP contribution in [0.1, 0.15) is 36.0 Å². The van der Waals surface area contributed by atoms with Gasteiger partial charge in [0.15, 0.2) is 0 Å². The Hall–Kier alpha value is -3.36. The van der Waals surface area contributed by atoms with Gasteiger partial charge in [0.25, 0.3) is 5.91 Å². The van der Waals surface area contributed by atoms with E-state index in [-0.39, 0.29) is 28.4 Å². The van der Waals surface area contributed by atoms with E-state index in [9.17, 15) is 9.59 Å². The van der Waals surface area contributed by atoms with E-state index in [4.69, 9.17) is 27.9 Å². The van der Waals surface area contributed by atoms with Gasteiger partial charge in [-0.05, 0) is 55.9 Å². The predicted molar refractivity (Wildman–Crippen MR) is 139 cm³/mol. The minimum Gasteiger partial charge on any atom is -0.481 e. The van der Waals surface area contributed by atoms with Gasteiger partial charge >= 0.3 is 5.69 Å². The molecule has 4 aromatic rings. The average molecular weight is 526 g/mol. The molecule has 1 aromatic carbocycles. The lowest BCUT2D eigenvalue weighted by Crippen LogP contribution is -2.38. The zero-order valence-corrected chi connectivity index (χ0v) is 21.2. The van der Waals surface area contributed by atoms with Crippen LogP contribution in [0.2, 0.25) is 10.2 Å². The maximum absolute atomic E-state index is 13.5. The van der Waals surface area contributed by atoms with E-state index < -0.39 is 0 Å². The molecule has 1 aliphatic carbocycles. The molecule has 0 radical (unpaired) electrons. The molecule has 36 heavy (non-hydrogen) atoms. The molecule has 0 saturated heterocycles. The van der Waals surface area contributed by atoms with Crippen LogP contribution >= 0.6 is 23.2 Å². The zero-order chi connectivity index (χ0) is 25.2. The van der Waals surface area contributed by atoms with E-state index in [1.807, 2.05) is 34.9 Å². The van der Waals surface area contributed by atoms with Crippen molar-refractivity contribution in [2.75, 3.05) is 7.11 Å². The van der Waals surface area contributed by atoms with Gasteiger partial charge in [-0.1, -0.05) is 35.3 Å². The number of halogens is 2. The summed E-state index contributed by atoms with van der Waals surface area (Å²) in [6, 6.07) is 12.9. The molecule has 1 amide bonds. The van der Waals surface area contributed by atoms with Crippen LogP contribution in [0, 0.1) is 5.92 Å². The predicted octanol–water partition coefficient (Wildman–Crippen LogP) is 4.89. The normalized spacial score (nSPS) is 17.8. The first kappa shape index (κ1) is 24.3. The number of hydrogen-bond acceptors (Lipinski definition) is 5. The molecule has 1 aliphatic rings. The fraction of sp³-hybridized carbons (Fsp3) is 0.308. The number of hydrogen-bond donors (Lipinski definition) is 1. The van der Waals surface area contributed by atoms with Crippen molar-refractivity contribution >= 4 is 40.1 Å². The number of carbonyl (C=O) groups excluding carboxylic acids is 1. The van der Waals surface area contributed by atoms with E-state index in [0.717, 1.165) is 36.7 Å². The lowest BCUT2D eigenvalue weighted by atomic mass is 9.86.